The minimum Gasteiger partial charge on any atom is -0.345 e. The Bertz CT molecular complexity index is 1470. The average molecular weight is 486 g/mol. The van der Waals surface area contributed by atoms with Gasteiger partial charge in [-0.1, -0.05) is 91.9 Å². The van der Waals surface area contributed by atoms with Crippen LogP contribution in [-0.4, -0.2) is 15.9 Å². The second-order valence-electron chi connectivity index (χ2n) is 9.22. The van der Waals surface area contributed by atoms with E-state index < -0.39 is 0 Å². The number of hydrogen-bond donors (Lipinski definition) is 1. The fraction of sp³-hybridized carbons (Fsp3) is 0.182. The van der Waals surface area contributed by atoms with Gasteiger partial charge in [0, 0.05) is 22.8 Å². The summed E-state index contributed by atoms with van der Waals surface area (Å²) in [7, 11) is 0. The topological polar surface area (TPSA) is 54.9 Å². The van der Waals surface area contributed by atoms with Crippen LogP contribution in [0.2, 0.25) is 0 Å². The molecule has 1 atom stereocenters. The lowest BCUT2D eigenvalue weighted by Crippen LogP contribution is -2.29. The molecule has 0 aliphatic heterocycles. The fourth-order valence-corrected chi connectivity index (χ4v) is 4.92. The summed E-state index contributed by atoms with van der Waals surface area (Å²) in [5.74, 6) is -0.0562. The van der Waals surface area contributed by atoms with Crippen LogP contribution >= 0.6 is 0 Å². The SMILES string of the molecule is CCC(NC(=O)c1c(CCCc2ccccn2)c(-c2ccccc2)nc2ccccc12)c1ccccc1. The van der Waals surface area contributed by atoms with Crippen molar-refractivity contribution in [1.82, 2.24) is 15.3 Å². The van der Waals surface area contributed by atoms with Crippen LogP contribution in [0, 0.1) is 0 Å². The number of fused-ring (bicyclic) bond motifs is 1. The van der Waals surface area contributed by atoms with Crippen molar-refractivity contribution >= 4 is 16.8 Å². The minimum absolute atomic E-state index is 0.0562. The Kier molecular flexibility index (Phi) is 7.66. The maximum atomic E-state index is 14.1. The molecule has 0 aliphatic rings. The second-order valence-corrected chi connectivity index (χ2v) is 9.22. The molecule has 2 aromatic heterocycles. The first kappa shape index (κ1) is 24.4. The number of rotatable bonds is 9. The lowest BCUT2D eigenvalue weighted by atomic mass is 9.92. The standard InChI is InChI=1S/C33H31N3O/c1-2-29(24-14-5-3-6-15-24)36-33(37)31-27-20-9-10-22-30(27)35-32(25-16-7-4-8-17-25)28(31)21-13-19-26-18-11-12-23-34-26/h3-12,14-18,20,22-23,29H,2,13,19,21H2,1H3,(H,36,37). The highest BCUT2D eigenvalue weighted by molar-refractivity contribution is 6.09. The third-order valence-corrected chi connectivity index (χ3v) is 6.77. The number of nitrogens with one attached hydrogen (secondary N) is 1. The molecule has 1 amide bonds. The Morgan fingerprint density at radius 2 is 1.51 bits per heavy atom. The third kappa shape index (κ3) is 5.59. The molecule has 0 fully saturated rings. The summed E-state index contributed by atoms with van der Waals surface area (Å²) < 4.78 is 0. The predicted octanol–water partition coefficient (Wildman–Crippen LogP) is 7.35. The summed E-state index contributed by atoms with van der Waals surface area (Å²) in [6, 6.07) is 34.3. The molecule has 0 saturated carbocycles. The van der Waals surface area contributed by atoms with Gasteiger partial charge in [-0.15, -0.1) is 0 Å². The van der Waals surface area contributed by atoms with E-state index in [-0.39, 0.29) is 11.9 Å². The lowest BCUT2D eigenvalue weighted by Gasteiger charge is -2.21. The summed E-state index contributed by atoms with van der Waals surface area (Å²) in [5.41, 5.74) is 6.59. The van der Waals surface area contributed by atoms with Gasteiger partial charge in [-0.2, -0.15) is 0 Å². The van der Waals surface area contributed by atoms with Gasteiger partial charge in [-0.25, -0.2) is 4.98 Å². The van der Waals surface area contributed by atoms with Gasteiger partial charge in [0.1, 0.15) is 0 Å². The first-order valence-electron chi connectivity index (χ1n) is 13.0. The fourth-order valence-electron chi connectivity index (χ4n) is 4.92. The third-order valence-electron chi connectivity index (χ3n) is 6.77. The number of nitrogens with zero attached hydrogens (tertiary/aromatic N) is 2. The molecule has 0 bridgehead atoms. The number of hydrogen-bond acceptors (Lipinski definition) is 3. The molecule has 2 heterocycles. The van der Waals surface area contributed by atoms with E-state index in [0.29, 0.717) is 0 Å². The van der Waals surface area contributed by atoms with Crippen molar-refractivity contribution in [3.63, 3.8) is 0 Å². The molecule has 1 N–H and O–H groups in total. The van der Waals surface area contributed by atoms with E-state index in [0.717, 1.165) is 70.2 Å². The normalized spacial score (nSPS) is 11.8. The van der Waals surface area contributed by atoms with E-state index in [1.54, 1.807) is 0 Å². The van der Waals surface area contributed by atoms with E-state index >= 15 is 0 Å². The summed E-state index contributed by atoms with van der Waals surface area (Å²) in [5, 5.41) is 4.22. The Morgan fingerprint density at radius 3 is 2.24 bits per heavy atom. The molecule has 5 rings (SSSR count). The van der Waals surface area contributed by atoms with E-state index in [1.807, 2.05) is 79.0 Å². The van der Waals surface area contributed by atoms with Gasteiger partial charge in [0.15, 0.2) is 0 Å². The number of carbonyl (C=O) groups excluding carboxylic acids is 1. The number of benzene rings is 3. The van der Waals surface area contributed by atoms with Gasteiger partial charge in [-0.05, 0) is 55.0 Å². The molecule has 0 saturated heterocycles. The zero-order valence-corrected chi connectivity index (χ0v) is 21.1. The number of pyridine rings is 2. The molecule has 4 nitrogen and oxygen atoms in total. The van der Waals surface area contributed by atoms with Crippen LogP contribution in [0.1, 0.15) is 53.0 Å². The molecule has 5 aromatic rings. The smallest absolute Gasteiger partial charge is 0.252 e. The van der Waals surface area contributed by atoms with Crippen LogP contribution in [0.3, 0.4) is 0 Å². The van der Waals surface area contributed by atoms with Crippen LogP contribution < -0.4 is 5.32 Å². The molecule has 0 spiro atoms. The first-order valence-corrected chi connectivity index (χ1v) is 13.0. The van der Waals surface area contributed by atoms with Crippen LogP contribution in [0.25, 0.3) is 22.2 Å². The largest absolute Gasteiger partial charge is 0.345 e. The van der Waals surface area contributed by atoms with Crippen LogP contribution in [-0.2, 0) is 12.8 Å². The van der Waals surface area contributed by atoms with Crippen molar-refractivity contribution in [2.24, 2.45) is 0 Å². The Balaban J connectivity index is 1.59. The summed E-state index contributed by atoms with van der Waals surface area (Å²) in [6.45, 7) is 2.10. The maximum absolute atomic E-state index is 14.1. The molecule has 3 aromatic carbocycles. The van der Waals surface area contributed by atoms with Gasteiger partial charge in [0.25, 0.3) is 5.91 Å². The van der Waals surface area contributed by atoms with Gasteiger partial charge in [0.05, 0.1) is 22.8 Å². The summed E-state index contributed by atoms with van der Waals surface area (Å²) in [4.78, 5) is 23.7. The molecule has 4 heteroatoms. The Hall–Kier alpha value is -4.31. The van der Waals surface area contributed by atoms with E-state index in [4.69, 9.17) is 4.98 Å². The highest BCUT2D eigenvalue weighted by Gasteiger charge is 2.23. The maximum Gasteiger partial charge on any atom is 0.252 e. The predicted molar refractivity (Wildman–Crippen MR) is 150 cm³/mol. The van der Waals surface area contributed by atoms with E-state index in [1.165, 1.54) is 0 Å². The zero-order chi connectivity index (χ0) is 25.5. The van der Waals surface area contributed by atoms with Crippen molar-refractivity contribution in [1.29, 1.82) is 0 Å². The van der Waals surface area contributed by atoms with Crippen molar-refractivity contribution in [2.75, 3.05) is 0 Å². The number of aromatic nitrogens is 2. The van der Waals surface area contributed by atoms with Gasteiger partial charge >= 0.3 is 0 Å². The molecule has 184 valence electrons. The van der Waals surface area contributed by atoms with E-state index in [2.05, 4.69) is 47.6 Å². The monoisotopic (exact) mass is 485 g/mol. The van der Waals surface area contributed by atoms with Gasteiger partial charge < -0.3 is 5.32 Å². The molecule has 1 unspecified atom stereocenters. The van der Waals surface area contributed by atoms with E-state index in [9.17, 15) is 4.79 Å². The average Bonchev–Trinajstić information content (AvgIpc) is 2.96. The Morgan fingerprint density at radius 1 is 0.811 bits per heavy atom. The number of carbonyl (C=O) groups is 1. The van der Waals surface area contributed by atoms with Crippen molar-refractivity contribution in [3.05, 3.63) is 132 Å². The molecule has 37 heavy (non-hydrogen) atoms. The summed E-state index contributed by atoms with van der Waals surface area (Å²) >= 11 is 0. The Labute approximate surface area is 218 Å². The quantitative estimate of drug-likeness (QED) is 0.237. The van der Waals surface area contributed by atoms with Crippen molar-refractivity contribution in [3.8, 4) is 11.3 Å². The number of aryl methyl sites for hydroxylation is 1. The number of para-hydroxylation sites is 1. The van der Waals surface area contributed by atoms with Gasteiger partial charge in [-0.3, -0.25) is 9.78 Å². The number of amides is 1. The van der Waals surface area contributed by atoms with Crippen LogP contribution in [0.4, 0.5) is 0 Å². The first-order chi connectivity index (χ1) is 18.2. The molecular weight excluding hydrogens is 454 g/mol. The second kappa shape index (κ2) is 11.6. The molecule has 0 aliphatic carbocycles. The lowest BCUT2D eigenvalue weighted by molar-refractivity contribution is 0.0936. The van der Waals surface area contributed by atoms with Crippen LogP contribution in [0.5, 0.6) is 0 Å². The minimum atomic E-state index is -0.0674. The van der Waals surface area contributed by atoms with Crippen molar-refractivity contribution in [2.45, 2.75) is 38.6 Å². The molecule has 0 radical (unpaired) electrons. The van der Waals surface area contributed by atoms with Gasteiger partial charge in [0.2, 0.25) is 0 Å². The zero-order valence-electron chi connectivity index (χ0n) is 21.1. The van der Waals surface area contributed by atoms with Crippen molar-refractivity contribution < 1.29 is 4.79 Å². The highest BCUT2D eigenvalue weighted by Crippen LogP contribution is 2.32. The molecular formula is C33H31N3O. The van der Waals surface area contributed by atoms with Crippen LogP contribution in [0.15, 0.2) is 109 Å². The highest BCUT2D eigenvalue weighted by atomic mass is 16.1. The summed E-state index contributed by atoms with van der Waals surface area (Å²) in [6.07, 6.45) is 5.07.